The molecule has 0 saturated carbocycles. The number of fused-ring (bicyclic) bond motifs is 1. The van der Waals surface area contributed by atoms with Crippen molar-refractivity contribution in [3.63, 3.8) is 0 Å². The first-order valence-electron chi connectivity index (χ1n) is 7.29. The van der Waals surface area contributed by atoms with Crippen LogP contribution in [0.2, 0.25) is 0 Å². The van der Waals surface area contributed by atoms with E-state index < -0.39 is 5.97 Å². The molecule has 1 N–H and O–H groups in total. The van der Waals surface area contributed by atoms with Gasteiger partial charge in [0.25, 0.3) is 0 Å². The van der Waals surface area contributed by atoms with Crippen LogP contribution < -0.4 is 0 Å². The van der Waals surface area contributed by atoms with Crippen molar-refractivity contribution in [2.75, 3.05) is 27.3 Å². The molecule has 1 aliphatic carbocycles. The molecule has 0 spiro atoms. The van der Waals surface area contributed by atoms with Crippen LogP contribution in [0.3, 0.4) is 0 Å². The van der Waals surface area contributed by atoms with Crippen LogP contribution in [0.4, 0.5) is 0 Å². The normalized spacial score (nSPS) is 15.8. The van der Waals surface area contributed by atoms with Crippen LogP contribution in [-0.4, -0.2) is 58.8 Å². The van der Waals surface area contributed by atoms with Crippen molar-refractivity contribution in [3.8, 4) is 0 Å². The molecule has 0 bridgehead atoms. The predicted molar refractivity (Wildman–Crippen MR) is 79.7 cm³/mol. The molecule has 22 heavy (non-hydrogen) atoms. The van der Waals surface area contributed by atoms with Gasteiger partial charge in [0.15, 0.2) is 5.69 Å². The van der Waals surface area contributed by atoms with Gasteiger partial charge in [-0.15, -0.1) is 0 Å². The molecule has 7 nitrogen and oxygen atoms in total. The Balaban J connectivity index is 2.49. The number of hydrogen-bond acceptors (Lipinski definition) is 6. The van der Waals surface area contributed by atoms with Crippen molar-refractivity contribution in [1.29, 1.82) is 0 Å². The predicted octanol–water partition coefficient (Wildman–Crippen LogP) is 0.627. The molecule has 0 saturated heterocycles. The molecule has 0 fully saturated rings. The van der Waals surface area contributed by atoms with E-state index in [9.17, 15) is 9.59 Å². The number of ketones is 1. The molecule has 1 aromatic heterocycles. The molecule has 1 aliphatic rings. The number of aromatic nitrogens is 2. The van der Waals surface area contributed by atoms with Gasteiger partial charge in [-0.1, -0.05) is 0 Å². The monoisotopic (exact) mass is 307 g/mol. The van der Waals surface area contributed by atoms with Gasteiger partial charge in [-0.25, -0.2) is 4.79 Å². The molecule has 1 aromatic rings. The average Bonchev–Trinajstić information content (AvgIpc) is 2.82. The third kappa shape index (κ3) is 3.04. The standard InChI is InChI=1S/C15H21N3O4/c1-4-22-15(21)12-11-6-5-10(9-17(2)3)14(20)13(11)18(16-12)7-8-19/h9,19H,4-8H2,1-3H3. The third-order valence-corrected chi connectivity index (χ3v) is 3.40. The summed E-state index contributed by atoms with van der Waals surface area (Å²) >= 11 is 0. The number of nitrogens with zero attached hydrogens (tertiary/aromatic N) is 3. The Morgan fingerprint density at radius 2 is 2.18 bits per heavy atom. The molecular weight excluding hydrogens is 286 g/mol. The zero-order chi connectivity index (χ0) is 16.3. The number of Topliss-reactive ketones (excluding diaryl/α,β-unsaturated/α-hetero) is 1. The van der Waals surface area contributed by atoms with Gasteiger partial charge in [0.2, 0.25) is 5.78 Å². The lowest BCUT2D eigenvalue weighted by atomic mass is 9.90. The highest BCUT2D eigenvalue weighted by atomic mass is 16.5. The molecular formula is C15H21N3O4. The quantitative estimate of drug-likeness (QED) is 0.634. The van der Waals surface area contributed by atoms with Gasteiger partial charge >= 0.3 is 5.97 Å². The van der Waals surface area contributed by atoms with E-state index in [1.165, 1.54) is 4.68 Å². The summed E-state index contributed by atoms with van der Waals surface area (Å²) in [6.07, 6.45) is 2.90. The molecule has 0 radical (unpaired) electrons. The van der Waals surface area contributed by atoms with Crippen LogP contribution in [0.25, 0.3) is 0 Å². The summed E-state index contributed by atoms with van der Waals surface area (Å²) in [5, 5.41) is 13.3. The first kappa shape index (κ1) is 16.2. The van der Waals surface area contributed by atoms with Crippen LogP contribution >= 0.6 is 0 Å². The fourth-order valence-corrected chi connectivity index (χ4v) is 2.57. The first-order valence-corrected chi connectivity index (χ1v) is 7.29. The maximum absolute atomic E-state index is 12.7. The molecule has 0 amide bonds. The summed E-state index contributed by atoms with van der Waals surface area (Å²) in [4.78, 5) is 26.5. The lowest BCUT2D eigenvalue weighted by Gasteiger charge is -2.18. The topological polar surface area (TPSA) is 84.7 Å². The lowest BCUT2D eigenvalue weighted by molar-refractivity contribution is 0.0516. The van der Waals surface area contributed by atoms with Crippen LogP contribution in [0.1, 0.15) is 39.9 Å². The van der Waals surface area contributed by atoms with Gasteiger partial charge in [-0.05, 0) is 19.8 Å². The molecule has 1 heterocycles. The fourth-order valence-electron chi connectivity index (χ4n) is 2.57. The molecule has 0 aromatic carbocycles. The van der Waals surface area contributed by atoms with E-state index in [4.69, 9.17) is 9.84 Å². The van der Waals surface area contributed by atoms with Crippen molar-refractivity contribution in [1.82, 2.24) is 14.7 Å². The summed E-state index contributed by atoms with van der Waals surface area (Å²) < 4.78 is 6.41. The minimum atomic E-state index is -0.525. The van der Waals surface area contributed by atoms with Gasteiger partial charge in [-0.2, -0.15) is 5.10 Å². The van der Waals surface area contributed by atoms with Crippen molar-refractivity contribution in [3.05, 3.63) is 28.7 Å². The largest absolute Gasteiger partial charge is 0.461 e. The second-order valence-corrected chi connectivity index (χ2v) is 5.29. The van der Waals surface area contributed by atoms with E-state index in [-0.39, 0.29) is 31.2 Å². The van der Waals surface area contributed by atoms with E-state index in [1.54, 1.807) is 13.1 Å². The van der Waals surface area contributed by atoms with Crippen molar-refractivity contribution in [2.45, 2.75) is 26.3 Å². The minimum Gasteiger partial charge on any atom is -0.461 e. The van der Waals surface area contributed by atoms with Crippen molar-refractivity contribution < 1.29 is 19.4 Å². The van der Waals surface area contributed by atoms with E-state index in [1.807, 2.05) is 19.0 Å². The summed E-state index contributed by atoms with van der Waals surface area (Å²) in [5.41, 5.74) is 1.86. The molecule has 120 valence electrons. The Morgan fingerprint density at radius 3 is 2.77 bits per heavy atom. The zero-order valence-electron chi connectivity index (χ0n) is 13.1. The number of esters is 1. The Morgan fingerprint density at radius 1 is 1.45 bits per heavy atom. The van der Waals surface area contributed by atoms with Gasteiger partial charge in [0.1, 0.15) is 5.69 Å². The Kier molecular flexibility index (Phi) is 4.97. The smallest absolute Gasteiger partial charge is 0.359 e. The molecule has 0 atom stereocenters. The van der Waals surface area contributed by atoms with E-state index in [0.29, 0.717) is 29.7 Å². The van der Waals surface area contributed by atoms with Crippen LogP contribution in [0.5, 0.6) is 0 Å². The summed E-state index contributed by atoms with van der Waals surface area (Å²) in [6, 6.07) is 0. The second-order valence-electron chi connectivity index (χ2n) is 5.29. The number of hydrogen-bond donors (Lipinski definition) is 1. The van der Waals surface area contributed by atoms with Crippen molar-refractivity contribution in [2.24, 2.45) is 0 Å². The molecule has 0 aliphatic heterocycles. The number of aliphatic hydroxyl groups excluding tert-OH is 1. The Bertz CT molecular complexity index is 617. The van der Waals surface area contributed by atoms with Crippen LogP contribution in [-0.2, 0) is 17.7 Å². The fraction of sp³-hybridized carbons (Fsp3) is 0.533. The SMILES string of the molecule is CCOC(=O)c1nn(CCO)c2c1CCC(=CN(C)C)C2=O. The maximum Gasteiger partial charge on any atom is 0.359 e. The molecule has 7 heteroatoms. The number of allylic oxidation sites excluding steroid dienone is 1. The summed E-state index contributed by atoms with van der Waals surface area (Å²) in [6.45, 7) is 1.98. The summed E-state index contributed by atoms with van der Waals surface area (Å²) in [5.74, 6) is -0.672. The zero-order valence-corrected chi connectivity index (χ0v) is 13.1. The Hall–Kier alpha value is -2.15. The highest BCUT2D eigenvalue weighted by molar-refractivity contribution is 6.11. The van der Waals surface area contributed by atoms with E-state index in [0.717, 1.165) is 0 Å². The Labute approximate surface area is 129 Å². The van der Waals surface area contributed by atoms with Gasteiger partial charge in [0.05, 0.1) is 19.8 Å². The number of ether oxygens (including phenoxy) is 1. The van der Waals surface area contributed by atoms with E-state index in [2.05, 4.69) is 5.10 Å². The number of aliphatic hydroxyl groups is 1. The molecule has 2 rings (SSSR count). The van der Waals surface area contributed by atoms with Gasteiger partial charge < -0.3 is 14.7 Å². The number of carbonyl (C=O) groups is 2. The average molecular weight is 307 g/mol. The minimum absolute atomic E-state index is 0.147. The number of carbonyl (C=O) groups excluding carboxylic acids is 2. The molecule has 0 unspecified atom stereocenters. The highest BCUT2D eigenvalue weighted by Crippen LogP contribution is 2.28. The summed E-state index contributed by atoms with van der Waals surface area (Å²) in [7, 11) is 3.70. The third-order valence-electron chi connectivity index (χ3n) is 3.40. The highest BCUT2D eigenvalue weighted by Gasteiger charge is 2.32. The maximum atomic E-state index is 12.7. The van der Waals surface area contributed by atoms with Gasteiger partial charge in [0, 0.05) is 31.4 Å². The lowest BCUT2D eigenvalue weighted by Crippen LogP contribution is -2.21. The van der Waals surface area contributed by atoms with Crippen LogP contribution in [0.15, 0.2) is 11.8 Å². The first-order chi connectivity index (χ1) is 10.5. The second kappa shape index (κ2) is 6.74. The van der Waals surface area contributed by atoms with Crippen LogP contribution in [0, 0.1) is 0 Å². The number of rotatable bonds is 5. The van der Waals surface area contributed by atoms with Crippen molar-refractivity contribution >= 4 is 11.8 Å². The van der Waals surface area contributed by atoms with E-state index >= 15 is 0 Å². The van der Waals surface area contributed by atoms with Gasteiger partial charge in [-0.3, -0.25) is 9.48 Å².